The lowest BCUT2D eigenvalue weighted by Gasteiger charge is -2.19. The van der Waals surface area contributed by atoms with Crippen LogP contribution in [0.15, 0.2) is 24.3 Å². The van der Waals surface area contributed by atoms with Crippen LogP contribution in [0.5, 0.6) is 11.5 Å². The summed E-state index contributed by atoms with van der Waals surface area (Å²) in [5.41, 5.74) is 0.524. The Hall–Kier alpha value is -1.97. The Kier molecular flexibility index (Phi) is 6.28. The molecule has 0 unspecified atom stereocenters. The highest BCUT2D eigenvalue weighted by Gasteiger charge is 2.26. The van der Waals surface area contributed by atoms with Gasteiger partial charge in [-0.05, 0) is 44.0 Å². The summed E-state index contributed by atoms with van der Waals surface area (Å²) >= 11 is 0. The number of hydrogen-bond acceptors (Lipinski definition) is 4. The summed E-state index contributed by atoms with van der Waals surface area (Å²) in [6, 6.07) is 5.62. The summed E-state index contributed by atoms with van der Waals surface area (Å²) < 4.78 is 15.7. The predicted molar refractivity (Wildman–Crippen MR) is 83.6 cm³/mol. The highest BCUT2D eigenvalue weighted by atomic mass is 16.5. The first-order chi connectivity index (χ1) is 9.94. The number of hydrogen-bond donors (Lipinski definition) is 0. The van der Waals surface area contributed by atoms with Gasteiger partial charge in [-0.15, -0.1) is 0 Å². The lowest BCUT2D eigenvalue weighted by molar-refractivity contribution is -0.152. The number of rotatable bonds is 7. The first-order valence-corrected chi connectivity index (χ1v) is 7.00. The largest absolute Gasteiger partial charge is 0.493 e. The molecule has 116 valence electrons. The maximum absolute atomic E-state index is 11.8. The predicted octanol–water partition coefficient (Wildman–Crippen LogP) is 3.70. The Morgan fingerprint density at radius 1 is 1.19 bits per heavy atom. The van der Waals surface area contributed by atoms with E-state index in [-0.39, 0.29) is 12.6 Å². The third-order valence-electron chi connectivity index (χ3n) is 3.47. The Balaban J connectivity index is 2.60. The molecule has 0 spiro atoms. The van der Waals surface area contributed by atoms with Crippen LogP contribution in [-0.4, -0.2) is 26.8 Å². The Bertz CT molecular complexity index is 504. The summed E-state index contributed by atoms with van der Waals surface area (Å²) in [5.74, 6) is 1.18. The van der Waals surface area contributed by atoms with E-state index in [1.165, 1.54) is 0 Å². The average molecular weight is 292 g/mol. The van der Waals surface area contributed by atoms with Gasteiger partial charge in [-0.25, -0.2) is 0 Å². The molecule has 0 saturated heterocycles. The highest BCUT2D eigenvalue weighted by Crippen LogP contribution is 2.28. The minimum Gasteiger partial charge on any atom is -0.493 e. The molecule has 1 rings (SSSR count). The normalized spacial score (nSPS) is 11.5. The summed E-state index contributed by atoms with van der Waals surface area (Å²) in [4.78, 5) is 11.8. The fourth-order valence-corrected chi connectivity index (χ4v) is 1.60. The van der Waals surface area contributed by atoms with Crippen LogP contribution in [0.1, 0.15) is 32.8 Å². The van der Waals surface area contributed by atoms with Crippen LogP contribution in [-0.2, 0) is 9.53 Å². The molecule has 1 aromatic carbocycles. The molecule has 0 fully saturated rings. The zero-order chi connectivity index (χ0) is 15.9. The molecule has 0 amide bonds. The number of esters is 1. The first kappa shape index (κ1) is 17.1. The van der Waals surface area contributed by atoms with Crippen molar-refractivity contribution in [1.29, 1.82) is 0 Å². The Morgan fingerprint density at radius 2 is 1.86 bits per heavy atom. The van der Waals surface area contributed by atoms with Crippen molar-refractivity contribution >= 4 is 12.0 Å². The lowest BCUT2D eigenvalue weighted by Crippen LogP contribution is -2.25. The molecule has 21 heavy (non-hydrogen) atoms. The number of carbonyl (C=O) groups excluding carboxylic acids is 1. The summed E-state index contributed by atoms with van der Waals surface area (Å²) in [6.07, 6.45) is 4.45. The summed E-state index contributed by atoms with van der Waals surface area (Å²) in [7, 11) is 3.20. The standard InChI is InChI=1S/C17H24O4/c1-6-17(2,3)16(18)21-11-7-8-13-9-10-14(19-4)15(12-13)20-5/h7-10,12H,6,11H2,1-5H3/b8-7+. The van der Waals surface area contributed by atoms with E-state index in [9.17, 15) is 4.79 Å². The van der Waals surface area contributed by atoms with Gasteiger partial charge in [0, 0.05) is 0 Å². The van der Waals surface area contributed by atoms with Gasteiger partial charge in [0.25, 0.3) is 0 Å². The van der Waals surface area contributed by atoms with Gasteiger partial charge in [0.15, 0.2) is 11.5 Å². The Morgan fingerprint density at radius 3 is 2.43 bits per heavy atom. The van der Waals surface area contributed by atoms with Crippen molar-refractivity contribution < 1.29 is 19.0 Å². The zero-order valence-electron chi connectivity index (χ0n) is 13.4. The van der Waals surface area contributed by atoms with Gasteiger partial charge < -0.3 is 14.2 Å². The zero-order valence-corrected chi connectivity index (χ0v) is 13.4. The highest BCUT2D eigenvalue weighted by molar-refractivity contribution is 5.76. The van der Waals surface area contributed by atoms with E-state index in [2.05, 4.69) is 0 Å². The van der Waals surface area contributed by atoms with Crippen molar-refractivity contribution in [2.45, 2.75) is 27.2 Å². The number of methoxy groups -OCH3 is 2. The van der Waals surface area contributed by atoms with Crippen LogP contribution < -0.4 is 9.47 Å². The van der Waals surface area contributed by atoms with Crippen LogP contribution in [0.25, 0.3) is 6.08 Å². The van der Waals surface area contributed by atoms with Gasteiger partial charge in [-0.2, -0.15) is 0 Å². The molecule has 0 aromatic heterocycles. The summed E-state index contributed by atoms with van der Waals surface area (Å²) in [6.45, 7) is 6.00. The topological polar surface area (TPSA) is 44.8 Å². The van der Waals surface area contributed by atoms with Gasteiger partial charge in [0.1, 0.15) is 6.61 Å². The molecule has 0 aliphatic carbocycles. The second-order valence-corrected chi connectivity index (χ2v) is 5.35. The molecular formula is C17H24O4. The molecule has 0 aliphatic heterocycles. The van der Waals surface area contributed by atoms with E-state index in [1.807, 2.05) is 51.1 Å². The molecule has 4 nitrogen and oxygen atoms in total. The molecule has 0 heterocycles. The van der Waals surface area contributed by atoms with E-state index in [4.69, 9.17) is 14.2 Å². The van der Waals surface area contributed by atoms with E-state index in [0.29, 0.717) is 11.5 Å². The molecule has 4 heteroatoms. The van der Waals surface area contributed by atoms with E-state index < -0.39 is 5.41 Å². The van der Waals surface area contributed by atoms with E-state index >= 15 is 0 Å². The molecule has 0 radical (unpaired) electrons. The van der Waals surface area contributed by atoms with Crippen molar-refractivity contribution in [1.82, 2.24) is 0 Å². The van der Waals surface area contributed by atoms with Gasteiger partial charge in [0.2, 0.25) is 0 Å². The fraction of sp³-hybridized carbons (Fsp3) is 0.471. The van der Waals surface area contributed by atoms with Gasteiger partial charge in [-0.3, -0.25) is 4.79 Å². The molecule has 0 saturated carbocycles. The van der Waals surface area contributed by atoms with Crippen LogP contribution in [0, 0.1) is 5.41 Å². The third-order valence-corrected chi connectivity index (χ3v) is 3.47. The van der Waals surface area contributed by atoms with E-state index in [0.717, 1.165) is 12.0 Å². The molecule has 0 N–H and O–H groups in total. The monoisotopic (exact) mass is 292 g/mol. The number of carbonyl (C=O) groups is 1. The molecular weight excluding hydrogens is 268 g/mol. The average Bonchev–Trinajstić information content (AvgIpc) is 2.50. The number of ether oxygens (including phenoxy) is 3. The third kappa shape index (κ3) is 4.81. The first-order valence-electron chi connectivity index (χ1n) is 7.00. The second-order valence-electron chi connectivity index (χ2n) is 5.35. The van der Waals surface area contributed by atoms with Gasteiger partial charge >= 0.3 is 5.97 Å². The minimum absolute atomic E-state index is 0.179. The Labute approximate surface area is 126 Å². The van der Waals surface area contributed by atoms with Crippen molar-refractivity contribution in [3.8, 4) is 11.5 Å². The van der Waals surface area contributed by atoms with Crippen LogP contribution in [0.3, 0.4) is 0 Å². The SMILES string of the molecule is CCC(C)(C)C(=O)OC/C=C/c1ccc(OC)c(OC)c1. The van der Waals surface area contributed by atoms with Crippen molar-refractivity contribution in [3.63, 3.8) is 0 Å². The van der Waals surface area contributed by atoms with Gasteiger partial charge in [-0.1, -0.05) is 19.1 Å². The molecule has 0 bridgehead atoms. The van der Waals surface area contributed by atoms with Crippen LogP contribution >= 0.6 is 0 Å². The van der Waals surface area contributed by atoms with Crippen molar-refractivity contribution in [2.75, 3.05) is 20.8 Å². The molecule has 0 aliphatic rings. The van der Waals surface area contributed by atoms with E-state index in [1.54, 1.807) is 14.2 Å². The quantitative estimate of drug-likeness (QED) is 0.719. The van der Waals surface area contributed by atoms with Crippen molar-refractivity contribution in [3.05, 3.63) is 29.8 Å². The number of benzene rings is 1. The minimum atomic E-state index is -0.433. The van der Waals surface area contributed by atoms with Crippen LogP contribution in [0.4, 0.5) is 0 Å². The van der Waals surface area contributed by atoms with Crippen LogP contribution in [0.2, 0.25) is 0 Å². The smallest absolute Gasteiger partial charge is 0.311 e. The fourth-order valence-electron chi connectivity index (χ4n) is 1.60. The summed E-state index contributed by atoms with van der Waals surface area (Å²) in [5, 5.41) is 0. The second kappa shape index (κ2) is 7.72. The lowest BCUT2D eigenvalue weighted by atomic mass is 9.91. The van der Waals surface area contributed by atoms with Gasteiger partial charge in [0.05, 0.1) is 19.6 Å². The molecule has 0 atom stereocenters. The maximum Gasteiger partial charge on any atom is 0.311 e. The van der Waals surface area contributed by atoms with Crippen molar-refractivity contribution in [2.24, 2.45) is 5.41 Å². The molecule has 1 aromatic rings. The maximum atomic E-state index is 11.8.